The predicted molar refractivity (Wildman–Crippen MR) is 161 cm³/mol. The van der Waals surface area contributed by atoms with E-state index in [-0.39, 0.29) is 43.5 Å². The van der Waals surface area contributed by atoms with Gasteiger partial charge >= 0.3 is 0 Å². The fraction of sp³-hybridized carbons (Fsp3) is 0.533. The zero-order valence-electron chi connectivity index (χ0n) is 24.4. The molecule has 2 heterocycles. The van der Waals surface area contributed by atoms with Crippen molar-refractivity contribution in [1.82, 2.24) is 4.90 Å². The van der Waals surface area contributed by atoms with Gasteiger partial charge in [0, 0.05) is 58.8 Å². The van der Waals surface area contributed by atoms with Gasteiger partial charge in [0.1, 0.15) is 0 Å². The van der Waals surface area contributed by atoms with Gasteiger partial charge < -0.3 is 20.0 Å². The van der Waals surface area contributed by atoms with Crippen molar-refractivity contribution in [2.24, 2.45) is 5.41 Å². The Morgan fingerprint density at radius 1 is 0.833 bits per heavy atom. The van der Waals surface area contributed by atoms with Gasteiger partial charge in [0.2, 0.25) is 10.0 Å². The van der Waals surface area contributed by atoms with E-state index in [9.17, 15) is 26.8 Å². The van der Waals surface area contributed by atoms with Gasteiger partial charge in [0.25, 0.3) is 17.7 Å². The molecular formula is C30H39F2N5O4S. The number of anilines is 4. The van der Waals surface area contributed by atoms with E-state index in [0.29, 0.717) is 39.3 Å². The summed E-state index contributed by atoms with van der Waals surface area (Å²) in [6.45, 7) is 3.29. The summed E-state index contributed by atoms with van der Waals surface area (Å²) in [7, 11) is -0.245. The number of piperidine rings is 2. The summed E-state index contributed by atoms with van der Waals surface area (Å²) in [5.41, 5.74) is 3.16. The highest BCUT2D eigenvalue weighted by Gasteiger charge is 2.44. The van der Waals surface area contributed by atoms with E-state index in [4.69, 9.17) is 0 Å². The first kappa shape index (κ1) is 30.1. The van der Waals surface area contributed by atoms with Crippen LogP contribution in [0.5, 0.6) is 0 Å². The van der Waals surface area contributed by atoms with Crippen molar-refractivity contribution in [2.45, 2.75) is 51.4 Å². The van der Waals surface area contributed by atoms with Crippen LogP contribution >= 0.6 is 0 Å². The molecule has 0 radical (unpaired) electrons. The van der Waals surface area contributed by atoms with Gasteiger partial charge in [-0.05, 0) is 74.4 Å². The summed E-state index contributed by atoms with van der Waals surface area (Å²) in [4.78, 5) is 32.0. The number of nitrogens with one attached hydrogen (secondary N) is 2. The van der Waals surface area contributed by atoms with E-state index < -0.39 is 15.9 Å². The Hall–Kier alpha value is -3.41. The number of hydrogen-bond acceptors (Lipinski definition) is 6. The smallest absolute Gasteiger partial charge is 0.257 e. The lowest BCUT2D eigenvalue weighted by atomic mass is 9.93. The van der Waals surface area contributed by atoms with Gasteiger partial charge in [-0.2, -0.15) is 0 Å². The molecule has 3 fully saturated rings. The number of alkyl halides is 2. The molecule has 2 saturated heterocycles. The van der Waals surface area contributed by atoms with E-state index in [1.807, 2.05) is 0 Å². The highest BCUT2D eigenvalue weighted by Crippen LogP contribution is 2.54. The maximum Gasteiger partial charge on any atom is 0.257 e. The Bertz CT molecular complexity index is 1460. The van der Waals surface area contributed by atoms with E-state index in [1.165, 1.54) is 17.7 Å². The van der Waals surface area contributed by atoms with Crippen LogP contribution < -0.4 is 19.8 Å². The third-order valence-corrected chi connectivity index (χ3v) is 10.1. The number of carbonyl (C=O) groups excluding carboxylic acids is 2. The van der Waals surface area contributed by atoms with Gasteiger partial charge in [-0.25, -0.2) is 17.2 Å². The molecule has 0 bridgehead atoms. The van der Waals surface area contributed by atoms with Crippen LogP contribution in [0.2, 0.25) is 0 Å². The summed E-state index contributed by atoms with van der Waals surface area (Å²) in [6, 6.07) is 9.83. The molecule has 1 spiro atoms. The number of nitrogens with zero attached hydrogens (tertiary/aromatic N) is 3. The molecule has 12 heteroatoms. The van der Waals surface area contributed by atoms with Crippen molar-refractivity contribution in [1.29, 1.82) is 0 Å². The molecule has 0 aromatic heterocycles. The second kappa shape index (κ2) is 11.3. The Balaban J connectivity index is 1.44. The fourth-order valence-corrected chi connectivity index (χ4v) is 6.40. The van der Waals surface area contributed by atoms with Crippen molar-refractivity contribution >= 4 is 44.6 Å². The first-order chi connectivity index (χ1) is 19.8. The fourth-order valence-electron chi connectivity index (χ4n) is 5.77. The lowest BCUT2D eigenvalue weighted by Gasteiger charge is -2.35. The van der Waals surface area contributed by atoms with Crippen molar-refractivity contribution in [3.8, 4) is 0 Å². The number of amides is 2. The van der Waals surface area contributed by atoms with Crippen molar-refractivity contribution < 1.29 is 26.8 Å². The zero-order chi connectivity index (χ0) is 30.3. The van der Waals surface area contributed by atoms with Crippen LogP contribution in [0.1, 0.15) is 66.2 Å². The Morgan fingerprint density at radius 2 is 1.36 bits per heavy atom. The number of rotatable bonds is 8. The highest BCUT2D eigenvalue weighted by molar-refractivity contribution is 7.92. The molecular weight excluding hydrogens is 564 g/mol. The number of halogens is 2. The van der Waals surface area contributed by atoms with Gasteiger partial charge in [-0.3, -0.25) is 14.3 Å². The van der Waals surface area contributed by atoms with Crippen LogP contribution in [0.3, 0.4) is 0 Å². The maximum absolute atomic E-state index is 13.9. The Labute approximate surface area is 246 Å². The Kier molecular flexibility index (Phi) is 8.12. The molecule has 2 aromatic carbocycles. The number of benzene rings is 2. The molecule has 0 atom stereocenters. The van der Waals surface area contributed by atoms with E-state index in [1.54, 1.807) is 62.3 Å². The van der Waals surface area contributed by atoms with Crippen molar-refractivity contribution in [3.63, 3.8) is 0 Å². The summed E-state index contributed by atoms with van der Waals surface area (Å²) >= 11 is 0. The third kappa shape index (κ3) is 6.63. The highest BCUT2D eigenvalue weighted by atomic mass is 32.2. The molecule has 228 valence electrons. The molecule has 5 rings (SSSR count). The molecule has 9 nitrogen and oxygen atoms in total. The molecule has 2 amide bonds. The second-order valence-corrected chi connectivity index (χ2v) is 14.0. The van der Waals surface area contributed by atoms with Gasteiger partial charge in [-0.15, -0.1) is 0 Å². The molecule has 1 aliphatic carbocycles. The summed E-state index contributed by atoms with van der Waals surface area (Å²) < 4.78 is 54.9. The molecule has 3 aliphatic rings. The van der Waals surface area contributed by atoms with Gasteiger partial charge in [0.15, 0.2) is 0 Å². The van der Waals surface area contributed by atoms with Gasteiger partial charge in [0.05, 0.1) is 33.9 Å². The third-order valence-electron chi connectivity index (χ3n) is 8.75. The van der Waals surface area contributed by atoms with E-state index in [0.717, 1.165) is 25.9 Å². The first-order valence-corrected chi connectivity index (χ1v) is 16.1. The molecule has 1 saturated carbocycles. The zero-order valence-corrected chi connectivity index (χ0v) is 25.2. The molecule has 42 heavy (non-hydrogen) atoms. The van der Waals surface area contributed by atoms with Crippen LogP contribution in [0.4, 0.5) is 31.5 Å². The van der Waals surface area contributed by atoms with Crippen LogP contribution in [0, 0.1) is 5.41 Å². The molecule has 0 unspecified atom stereocenters. The first-order valence-electron chi connectivity index (χ1n) is 14.5. The van der Waals surface area contributed by atoms with Crippen LogP contribution in [0.25, 0.3) is 0 Å². The lowest BCUT2D eigenvalue weighted by molar-refractivity contribution is -0.0220. The number of sulfonamides is 1. The second-order valence-electron chi connectivity index (χ2n) is 12.0. The largest absolute Gasteiger partial charge is 0.371 e. The summed E-state index contributed by atoms with van der Waals surface area (Å²) in [5, 5.41) is 2.93. The van der Waals surface area contributed by atoms with E-state index in [2.05, 4.69) is 14.9 Å². The predicted octanol–water partition coefficient (Wildman–Crippen LogP) is 5.02. The normalized spacial score (nSPS) is 19.4. The van der Waals surface area contributed by atoms with Gasteiger partial charge in [-0.1, -0.05) is 0 Å². The van der Waals surface area contributed by atoms with Crippen LogP contribution in [-0.2, 0) is 10.0 Å². The van der Waals surface area contributed by atoms with Crippen LogP contribution in [0.15, 0.2) is 36.4 Å². The average molecular weight is 604 g/mol. The quantitative estimate of drug-likeness (QED) is 0.440. The lowest BCUT2D eigenvalue weighted by Crippen LogP contribution is -2.40. The van der Waals surface area contributed by atoms with Crippen molar-refractivity contribution in [3.05, 3.63) is 47.5 Å². The Morgan fingerprint density at radius 3 is 1.93 bits per heavy atom. The maximum atomic E-state index is 13.9. The minimum atomic E-state index is -3.50. The molecule has 2 aliphatic heterocycles. The topological polar surface area (TPSA) is 102 Å². The molecule has 2 N–H and O–H groups in total. The average Bonchev–Trinajstić information content (AvgIpc) is 3.71. The molecule has 2 aromatic rings. The standard InChI is InChI=1S/C30H39F2N5O4S/c1-4-42(40,41)34-22-6-7-23(25(20-22)36-15-11-29(9-10-29)12-16-36)27(38)33-21-5-8-24(28(39)35(2)3)26(19-21)37-17-13-30(31,32)14-18-37/h5-8,19-20,34H,4,9-18H2,1-3H3,(H,33,38). The number of carbonyl (C=O) groups is 2. The SMILES string of the molecule is CCS(=O)(=O)Nc1ccc(C(=O)Nc2ccc(C(=O)N(C)C)c(N3CCC(F)(F)CC3)c2)c(N2CCC3(CC2)CC3)c1. The minimum absolute atomic E-state index is 0.0693. The van der Waals surface area contributed by atoms with Crippen molar-refractivity contribution in [2.75, 3.05) is 65.9 Å². The minimum Gasteiger partial charge on any atom is -0.371 e. The monoisotopic (exact) mass is 603 g/mol. The van der Waals surface area contributed by atoms with Crippen LogP contribution in [-0.4, -0.2) is 77.1 Å². The van der Waals surface area contributed by atoms with E-state index >= 15 is 0 Å². The summed E-state index contributed by atoms with van der Waals surface area (Å²) in [5.74, 6) is -3.45. The summed E-state index contributed by atoms with van der Waals surface area (Å²) in [6.07, 6.45) is 3.89. The number of hydrogen-bond donors (Lipinski definition) is 2.